The van der Waals surface area contributed by atoms with Crippen LogP contribution in [0.3, 0.4) is 0 Å². The molecule has 1 aromatic heterocycles. The van der Waals surface area contributed by atoms with Gasteiger partial charge in [0.15, 0.2) is 5.43 Å². The Balaban J connectivity index is 1.76. The summed E-state index contributed by atoms with van der Waals surface area (Å²) in [4.78, 5) is 39.4. The van der Waals surface area contributed by atoms with Gasteiger partial charge in [0.1, 0.15) is 5.58 Å². The highest BCUT2D eigenvalue weighted by molar-refractivity contribution is 6.31. The molecule has 0 saturated heterocycles. The van der Waals surface area contributed by atoms with E-state index in [4.69, 9.17) is 16.0 Å². The fourth-order valence-corrected chi connectivity index (χ4v) is 4.46. The van der Waals surface area contributed by atoms with Gasteiger partial charge in [0, 0.05) is 23.7 Å². The summed E-state index contributed by atoms with van der Waals surface area (Å²) in [6.45, 7) is 1.96. The first kappa shape index (κ1) is 20.9. The number of aryl methyl sites for hydroxylation is 1. The number of halogens is 1. The van der Waals surface area contributed by atoms with Crippen LogP contribution in [0.5, 0.6) is 0 Å². The maximum Gasteiger partial charge on any atom is 0.291 e. The Labute approximate surface area is 193 Å². The fraction of sp³-hybridized carbons (Fsp3) is 0.120. The van der Waals surface area contributed by atoms with Gasteiger partial charge in [-0.1, -0.05) is 53.6 Å². The van der Waals surface area contributed by atoms with Gasteiger partial charge in [-0.3, -0.25) is 19.7 Å². The maximum atomic E-state index is 13.6. The minimum atomic E-state index is -0.857. The minimum Gasteiger partial charge on any atom is -0.450 e. The number of nitro groups is 1. The first-order valence-electron chi connectivity index (χ1n) is 10.2. The van der Waals surface area contributed by atoms with Crippen LogP contribution in [0.4, 0.5) is 5.69 Å². The van der Waals surface area contributed by atoms with Crippen molar-refractivity contribution < 1.29 is 14.1 Å². The average Bonchev–Trinajstić information content (AvgIpc) is 3.08. The molecule has 1 amide bonds. The summed E-state index contributed by atoms with van der Waals surface area (Å²) in [6, 6.07) is 17.4. The lowest BCUT2D eigenvalue weighted by Crippen LogP contribution is -2.29. The Hall–Kier alpha value is -3.97. The van der Waals surface area contributed by atoms with E-state index >= 15 is 0 Å². The average molecular weight is 461 g/mol. The first-order valence-corrected chi connectivity index (χ1v) is 10.6. The van der Waals surface area contributed by atoms with Gasteiger partial charge in [0.2, 0.25) is 5.76 Å². The van der Waals surface area contributed by atoms with E-state index in [1.54, 1.807) is 48.5 Å². The van der Waals surface area contributed by atoms with E-state index in [1.807, 2.05) is 6.92 Å². The molecule has 0 unspecified atom stereocenters. The highest BCUT2D eigenvalue weighted by Gasteiger charge is 2.43. The maximum absolute atomic E-state index is 13.6. The molecular weight excluding hydrogens is 444 g/mol. The SMILES string of the molecule is Cc1ccc2oc3c(c(=O)c2c1)[C@@H](c1cccc([N+](=O)[O-])c1)N(Cc1ccccc1Cl)C3=O. The van der Waals surface area contributed by atoms with Crippen molar-refractivity contribution in [1.82, 2.24) is 4.90 Å². The van der Waals surface area contributed by atoms with Crippen molar-refractivity contribution in [3.8, 4) is 0 Å². The predicted molar refractivity (Wildman–Crippen MR) is 123 cm³/mol. The Morgan fingerprint density at radius 1 is 1.06 bits per heavy atom. The summed E-state index contributed by atoms with van der Waals surface area (Å²) >= 11 is 6.34. The molecule has 2 heterocycles. The number of non-ortho nitro benzene ring substituents is 1. The number of nitro benzene ring substituents is 1. The van der Waals surface area contributed by atoms with Crippen molar-refractivity contribution >= 4 is 34.2 Å². The van der Waals surface area contributed by atoms with Crippen LogP contribution in [0.2, 0.25) is 5.02 Å². The van der Waals surface area contributed by atoms with Gasteiger partial charge < -0.3 is 9.32 Å². The Kier molecular flexibility index (Phi) is 4.98. The van der Waals surface area contributed by atoms with Crippen LogP contribution < -0.4 is 5.43 Å². The minimum absolute atomic E-state index is 0.0556. The molecule has 0 fully saturated rings. The number of nitrogens with zero attached hydrogens (tertiary/aromatic N) is 2. The molecule has 0 bridgehead atoms. The van der Waals surface area contributed by atoms with Crippen molar-refractivity contribution in [1.29, 1.82) is 0 Å². The van der Waals surface area contributed by atoms with Crippen LogP contribution in [-0.4, -0.2) is 15.7 Å². The zero-order chi connectivity index (χ0) is 23.3. The molecule has 0 N–H and O–H groups in total. The van der Waals surface area contributed by atoms with Gasteiger partial charge in [-0.25, -0.2) is 0 Å². The normalized spacial score (nSPS) is 15.2. The highest BCUT2D eigenvalue weighted by atomic mass is 35.5. The van der Waals surface area contributed by atoms with Crippen molar-refractivity contribution in [3.05, 3.63) is 120 Å². The molecule has 164 valence electrons. The molecule has 0 spiro atoms. The highest BCUT2D eigenvalue weighted by Crippen LogP contribution is 2.40. The first-order chi connectivity index (χ1) is 15.8. The quantitative estimate of drug-likeness (QED) is 0.300. The molecule has 3 aromatic carbocycles. The predicted octanol–water partition coefficient (Wildman–Crippen LogP) is 5.41. The number of rotatable bonds is 4. The number of benzene rings is 3. The second-order valence-corrected chi connectivity index (χ2v) is 8.36. The van der Waals surface area contributed by atoms with E-state index in [-0.39, 0.29) is 29.0 Å². The monoisotopic (exact) mass is 460 g/mol. The molecule has 1 atom stereocenters. The molecule has 7 nitrogen and oxygen atoms in total. The number of hydrogen-bond acceptors (Lipinski definition) is 5. The molecule has 0 saturated carbocycles. The summed E-state index contributed by atoms with van der Waals surface area (Å²) in [6.07, 6.45) is 0. The lowest BCUT2D eigenvalue weighted by Gasteiger charge is -2.25. The van der Waals surface area contributed by atoms with Crippen LogP contribution >= 0.6 is 11.6 Å². The Morgan fingerprint density at radius 2 is 1.85 bits per heavy atom. The molecule has 33 heavy (non-hydrogen) atoms. The van der Waals surface area contributed by atoms with Crippen molar-refractivity contribution in [3.63, 3.8) is 0 Å². The number of hydrogen-bond donors (Lipinski definition) is 0. The third-order valence-electron chi connectivity index (χ3n) is 5.82. The Morgan fingerprint density at radius 3 is 2.61 bits per heavy atom. The van der Waals surface area contributed by atoms with Crippen molar-refractivity contribution in [2.75, 3.05) is 0 Å². The van der Waals surface area contributed by atoms with Gasteiger partial charge in [-0.2, -0.15) is 0 Å². The summed E-state index contributed by atoms with van der Waals surface area (Å²) in [5.41, 5.74) is 2.03. The zero-order valence-electron chi connectivity index (χ0n) is 17.4. The van der Waals surface area contributed by atoms with E-state index in [9.17, 15) is 19.7 Å². The number of amides is 1. The summed E-state index contributed by atoms with van der Waals surface area (Å²) in [5.74, 6) is -0.527. The third kappa shape index (κ3) is 3.47. The molecule has 0 radical (unpaired) electrons. The number of fused-ring (bicyclic) bond motifs is 2. The molecule has 1 aliphatic heterocycles. The molecule has 8 heteroatoms. The summed E-state index contributed by atoms with van der Waals surface area (Å²) < 4.78 is 5.92. The smallest absolute Gasteiger partial charge is 0.291 e. The van der Waals surface area contributed by atoms with Crippen molar-refractivity contribution in [2.45, 2.75) is 19.5 Å². The van der Waals surface area contributed by atoms with E-state index in [1.165, 1.54) is 23.1 Å². The van der Waals surface area contributed by atoms with Crippen LogP contribution in [0.25, 0.3) is 11.0 Å². The third-order valence-corrected chi connectivity index (χ3v) is 6.19. The van der Waals surface area contributed by atoms with E-state index in [2.05, 4.69) is 0 Å². The lowest BCUT2D eigenvalue weighted by molar-refractivity contribution is -0.384. The van der Waals surface area contributed by atoms with Gasteiger partial charge in [-0.15, -0.1) is 0 Å². The van der Waals surface area contributed by atoms with Gasteiger partial charge >= 0.3 is 0 Å². The lowest BCUT2D eigenvalue weighted by atomic mass is 9.97. The largest absolute Gasteiger partial charge is 0.450 e. The number of carbonyl (C=O) groups excluding carboxylic acids is 1. The molecule has 4 aromatic rings. The molecule has 1 aliphatic rings. The molecular formula is C25H17ClN2O5. The molecule has 5 rings (SSSR count). The molecule has 0 aliphatic carbocycles. The van der Waals surface area contributed by atoms with Gasteiger partial charge in [0.25, 0.3) is 11.6 Å². The van der Waals surface area contributed by atoms with Crippen LogP contribution in [-0.2, 0) is 6.54 Å². The van der Waals surface area contributed by atoms with Crippen molar-refractivity contribution in [2.24, 2.45) is 0 Å². The topological polar surface area (TPSA) is 93.7 Å². The van der Waals surface area contributed by atoms with Gasteiger partial charge in [0.05, 0.1) is 21.9 Å². The summed E-state index contributed by atoms with van der Waals surface area (Å²) in [5, 5.41) is 12.2. The van der Waals surface area contributed by atoms with Crippen LogP contribution in [0.1, 0.15) is 38.9 Å². The second-order valence-electron chi connectivity index (χ2n) is 7.95. The van der Waals surface area contributed by atoms with Crippen LogP contribution in [0, 0.1) is 17.0 Å². The van der Waals surface area contributed by atoms with Crippen LogP contribution in [0.15, 0.2) is 75.9 Å². The fourth-order valence-electron chi connectivity index (χ4n) is 4.26. The zero-order valence-corrected chi connectivity index (χ0v) is 18.2. The number of carbonyl (C=O) groups is 1. The Bertz CT molecular complexity index is 1510. The second kappa shape index (κ2) is 7.86. The summed E-state index contributed by atoms with van der Waals surface area (Å²) in [7, 11) is 0. The van der Waals surface area contributed by atoms with Gasteiger partial charge in [-0.05, 0) is 36.2 Å². The standard InChI is InChI=1S/C25H17ClN2O5/c1-14-9-10-20-18(11-14)23(29)21-22(15-6-4-7-17(12-15)28(31)32)27(25(30)24(21)33-20)13-16-5-2-3-8-19(16)26/h2-12,22H,13H2,1H3/t22-/m1/s1. The van der Waals surface area contributed by atoms with E-state index in [0.717, 1.165) is 5.56 Å². The van der Waals surface area contributed by atoms with E-state index < -0.39 is 16.9 Å². The van der Waals surface area contributed by atoms with E-state index in [0.29, 0.717) is 27.1 Å².